The van der Waals surface area contributed by atoms with Gasteiger partial charge in [-0.25, -0.2) is 0 Å². The molecule has 0 spiro atoms. The van der Waals surface area contributed by atoms with Gasteiger partial charge in [0.15, 0.2) is 0 Å². The summed E-state index contributed by atoms with van der Waals surface area (Å²) in [6, 6.07) is 18.9. The fraction of sp³-hybridized carbons (Fsp3) is 0.618. The summed E-state index contributed by atoms with van der Waals surface area (Å²) >= 11 is 0. The summed E-state index contributed by atoms with van der Waals surface area (Å²) in [4.78, 5) is 12.8. The number of benzene rings is 2. The number of hydrogen-bond acceptors (Lipinski definition) is 3. The Morgan fingerprint density at radius 1 is 0.842 bits per heavy atom. The van der Waals surface area contributed by atoms with Gasteiger partial charge in [0, 0.05) is 12.0 Å². The molecule has 0 heterocycles. The van der Waals surface area contributed by atoms with Gasteiger partial charge in [0.1, 0.15) is 18.2 Å². The van der Waals surface area contributed by atoms with Crippen molar-refractivity contribution < 1.29 is 18.8 Å². The third kappa shape index (κ3) is 13.5. The second kappa shape index (κ2) is 18.0. The molecular formula is C34H54NO3+. The molecule has 38 heavy (non-hydrogen) atoms. The monoisotopic (exact) mass is 524 g/mol. The number of ether oxygens (including phenoxy) is 2. The van der Waals surface area contributed by atoms with Crippen LogP contribution in [0.2, 0.25) is 0 Å². The van der Waals surface area contributed by atoms with Crippen molar-refractivity contribution in [2.24, 2.45) is 5.92 Å². The van der Waals surface area contributed by atoms with Crippen molar-refractivity contribution in [2.75, 3.05) is 27.2 Å². The summed E-state index contributed by atoms with van der Waals surface area (Å²) in [5.41, 5.74) is 2.63. The van der Waals surface area contributed by atoms with E-state index in [2.05, 4.69) is 77.3 Å². The molecule has 0 N–H and O–H groups in total. The van der Waals surface area contributed by atoms with Crippen molar-refractivity contribution in [3.05, 3.63) is 65.7 Å². The van der Waals surface area contributed by atoms with E-state index in [0.29, 0.717) is 13.0 Å². The zero-order valence-electron chi connectivity index (χ0n) is 24.9. The maximum atomic E-state index is 12.8. The van der Waals surface area contributed by atoms with Gasteiger partial charge in [-0.1, -0.05) is 101 Å². The molecule has 4 heteroatoms. The fourth-order valence-electron chi connectivity index (χ4n) is 5.08. The van der Waals surface area contributed by atoms with Gasteiger partial charge in [-0.2, -0.15) is 0 Å². The van der Waals surface area contributed by atoms with E-state index in [4.69, 9.17) is 9.47 Å². The van der Waals surface area contributed by atoms with Gasteiger partial charge in [0.2, 0.25) is 0 Å². The molecule has 0 bridgehead atoms. The molecule has 212 valence electrons. The van der Waals surface area contributed by atoms with Crippen LogP contribution in [0.25, 0.3) is 0 Å². The second-order valence-corrected chi connectivity index (χ2v) is 11.6. The number of carbonyl (C=O) groups excluding carboxylic acids is 1. The third-order valence-electron chi connectivity index (χ3n) is 7.32. The molecular weight excluding hydrogens is 470 g/mol. The van der Waals surface area contributed by atoms with E-state index in [0.717, 1.165) is 36.2 Å². The Morgan fingerprint density at radius 3 is 2.18 bits per heavy atom. The normalized spacial score (nSPS) is 13.2. The largest absolute Gasteiger partial charge is 0.491 e. The molecule has 0 saturated heterocycles. The lowest BCUT2D eigenvalue weighted by molar-refractivity contribution is -0.906. The number of aryl methyl sites for hydroxylation is 1. The molecule has 2 aromatic carbocycles. The van der Waals surface area contributed by atoms with Crippen LogP contribution in [0.1, 0.15) is 96.1 Å². The predicted octanol–water partition coefficient (Wildman–Crippen LogP) is 8.37. The molecule has 0 radical (unpaired) electrons. The number of esters is 1. The first-order valence-electron chi connectivity index (χ1n) is 15.1. The fourth-order valence-corrected chi connectivity index (χ4v) is 5.08. The first kappa shape index (κ1) is 31.9. The number of quaternary nitrogens is 1. The van der Waals surface area contributed by atoms with Crippen molar-refractivity contribution in [1.29, 1.82) is 0 Å². The summed E-state index contributed by atoms with van der Waals surface area (Å²) in [6.45, 7) is 8.44. The highest BCUT2D eigenvalue weighted by atomic mass is 16.5. The van der Waals surface area contributed by atoms with Crippen molar-refractivity contribution in [2.45, 2.75) is 104 Å². The van der Waals surface area contributed by atoms with Gasteiger partial charge in [0.05, 0.1) is 33.4 Å². The maximum Gasteiger partial charge on any atom is 0.314 e. The van der Waals surface area contributed by atoms with E-state index in [1.54, 1.807) is 0 Å². The molecule has 2 atom stereocenters. The van der Waals surface area contributed by atoms with Crippen LogP contribution in [0.4, 0.5) is 0 Å². The van der Waals surface area contributed by atoms with Crippen molar-refractivity contribution in [1.82, 2.24) is 0 Å². The molecule has 0 aliphatic heterocycles. The standard InChI is InChI=1S/C34H54NO3/c1-6-8-9-10-11-12-13-15-19-30-22-18-23-33(26-30)38-29(3)24-25-37-34(36)32(7-2)28-35(4,5)27-31-20-16-14-17-21-31/h14,16-18,20-23,26,29,32H,6-13,15,19,24-25,27-28H2,1-5H3/q+1. The van der Waals surface area contributed by atoms with Crippen molar-refractivity contribution in [3.8, 4) is 5.75 Å². The average Bonchev–Trinajstić information content (AvgIpc) is 2.89. The van der Waals surface area contributed by atoms with Crippen LogP contribution in [-0.2, 0) is 22.5 Å². The second-order valence-electron chi connectivity index (χ2n) is 11.6. The van der Waals surface area contributed by atoms with Gasteiger partial charge < -0.3 is 14.0 Å². The van der Waals surface area contributed by atoms with Crippen LogP contribution >= 0.6 is 0 Å². The van der Waals surface area contributed by atoms with E-state index in [1.807, 2.05) is 12.1 Å². The average molecular weight is 525 g/mol. The van der Waals surface area contributed by atoms with Crippen LogP contribution in [0.3, 0.4) is 0 Å². The van der Waals surface area contributed by atoms with Gasteiger partial charge in [0.25, 0.3) is 0 Å². The zero-order chi connectivity index (χ0) is 27.6. The highest BCUT2D eigenvalue weighted by molar-refractivity contribution is 5.72. The molecule has 0 aliphatic carbocycles. The molecule has 0 amide bonds. The quantitative estimate of drug-likeness (QED) is 0.0991. The summed E-state index contributed by atoms with van der Waals surface area (Å²) in [5.74, 6) is 0.719. The minimum absolute atomic E-state index is 0.00782. The number of carbonyl (C=O) groups is 1. The van der Waals surface area contributed by atoms with Crippen LogP contribution in [0.15, 0.2) is 54.6 Å². The minimum atomic E-state index is -0.0991. The Morgan fingerprint density at radius 2 is 1.50 bits per heavy atom. The smallest absolute Gasteiger partial charge is 0.314 e. The highest BCUT2D eigenvalue weighted by Gasteiger charge is 2.28. The minimum Gasteiger partial charge on any atom is -0.491 e. The van der Waals surface area contributed by atoms with Crippen molar-refractivity contribution in [3.63, 3.8) is 0 Å². The lowest BCUT2D eigenvalue weighted by Crippen LogP contribution is -2.44. The number of rotatable bonds is 20. The first-order valence-corrected chi connectivity index (χ1v) is 15.1. The van der Waals surface area contributed by atoms with E-state index >= 15 is 0 Å². The molecule has 0 saturated carbocycles. The highest BCUT2D eigenvalue weighted by Crippen LogP contribution is 2.19. The molecule has 4 nitrogen and oxygen atoms in total. The van der Waals surface area contributed by atoms with E-state index in [1.165, 1.54) is 62.5 Å². The van der Waals surface area contributed by atoms with Crippen LogP contribution in [0.5, 0.6) is 5.75 Å². The maximum absolute atomic E-state index is 12.8. The van der Waals surface area contributed by atoms with Gasteiger partial charge in [-0.05, 0) is 43.9 Å². The van der Waals surface area contributed by atoms with Crippen LogP contribution < -0.4 is 4.74 Å². The zero-order valence-corrected chi connectivity index (χ0v) is 24.9. The van der Waals surface area contributed by atoms with E-state index in [9.17, 15) is 4.79 Å². The molecule has 0 aliphatic rings. The lowest BCUT2D eigenvalue weighted by Gasteiger charge is -2.32. The number of unbranched alkanes of at least 4 members (excludes halogenated alkanes) is 7. The number of nitrogens with zero attached hydrogens (tertiary/aromatic N) is 1. The Bertz CT molecular complexity index is 896. The molecule has 0 fully saturated rings. The van der Waals surface area contributed by atoms with Crippen LogP contribution in [0, 0.1) is 5.92 Å². The van der Waals surface area contributed by atoms with Gasteiger partial charge in [-0.3, -0.25) is 4.79 Å². The van der Waals surface area contributed by atoms with Crippen LogP contribution in [-0.4, -0.2) is 43.8 Å². The van der Waals surface area contributed by atoms with Crippen molar-refractivity contribution >= 4 is 5.97 Å². The summed E-state index contributed by atoms with van der Waals surface area (Å²) in [5, 5.41) is 0. The topological polar surface area (TPSA) is 35.5 Å². The third-order valence-corrected chi connectivity index (χ3v) is 7.32. The Labute approximate surface area is 233 Å². The number of hydrogen-bond donors (Lipinski definition) is 0. The summed E-state index contributed by atoms with van der Waals surface area (Å²) < 4.78 is 12.6. The molecule has 0 aromatic heterocycles. The molecule has 2 unspecified atom stereocenters. The molecule has 2 aromatic rings. The Balaban J connectivity index is 1.68. The van der Waals surface area contributed by atoms with Gasteiger partial charge in [-0.15, -0.1) is 0 Å². The van der Waals surface area contributed by atoms with E-state index < -0.39 is 0 Å². The first-order chi connectivity index (χ1) is 18.3. The SMILES string of the molecule is CCCCCCCCCCc1cccc(OC(C)CCOC(=O)C(CC)C[N+](C)(C)Cc2ccccc2)c1. The Hall–Kier alpha value is -2.33. The summed E-state index contributed by atoms with van der Waals surface area (Å²) in [6.07, 6.45) is 13.3. The summed E-state index contributed by atoms with van der Waals surface area (Å²) in [7, 11) is 4.36. The molecule has 2 rings (SSSR count). The van der Waals surface area contributed by atoms with E-state index in [-0.39, 0.29) is 18.0 Å². The lowest BCUT2D eigenvalue weighted by atomic mass is 10.0. The Kier molecular flexibility index (Phi) is 15.1. The van der Waals surface area contributed by atoms with Gasteiger partial charge >= 0.3 is 5.97 Å². The predicted molar refractivity (Wildman–Crippen MR) is 159 cm³/mol.